The molecule has 0 bridgehead atoms. The van der Waals surface area contributed by atoms with Crippen LogP contribution in [0.5, 0.6) is 11.5 Å². The second-order valence-corrected chi connectivity index (χ2v) is 6.81. The summed E-state index contributed by atoms with van der Waals surface area (Å²) in [6.45, 7) is 4.56. The van der Waals surface area contributed by atoms with Crippen molar-refractivity contribution in [3.63, 3.8) is 0 Å². The van der Waals surface area contributed by atoms with Crippen molar-refractivity contribution in [2.75, 3.05) is 17.7 Å². The lowest BCUT2D eigenvalue weighted by Crippen LogP contribution is -2.13. The molecular weight excluding hydrogens is 366 g/mol. The summed E-state index contributed by atoms with van der Waals surface area (Å²) in [6.07, 6.45) is 3.34. The van der Waals surface area contributed by atoms with Gasteiger partial charge in [0.2, 0.25) is 0 Å². The molecule has 1 aromatic heterocycles. The first-order valence-electron chi connectivity index (χ1n) is 9.43. The third-order valence-corrected chi connectivity index (χ3v) is 4.14. The van der Waals surface area contributed by atoms with E-state index in [4.69, 9.17) is 9.47 Å². The van der Waals surface area contributed by atoms with Crippen LogP contribution in [0.15, 0.2) is 67.0 Å². The maximum Gasteiger partial charge on any atom is 0.257 e. The van der Waals surface area contributed by atoms with Crippen molar-refractivity contribution in [1.82, 2.24) is 4.98 Å². The molecule has 29 heavy (non-hydrogen) atoms. The number of carbonyl (C=O) groups is 1. The molecule has 0 fully saturated rings. The number of aromatic nitrogens is 1. The smallest absolute Gasteiger partial charge is 0.257 e. The fourth-order valence-corrected chi connectivity index (χ4v) is 2.70. The topological polar surface area (TPSA) is 72.5 Å². The Morgan fingerprint density at radius 3 is 2.31 bits per heavy atom. The number of anilines is 2. The minimum Gasteiger partial charge on any atom is -0.497 e. The SMILES string of the molecule is COc1ccc(CNc2cncc(C(=O)Nc3ccc(OC(C)C)cc3)c2)cc1. The lowest BCUT2D eigenvalue weighted by molar-refractivity contribution is 0.102. The first-order chi connectivity index (χ1) is 14.0. The summed E-state index contributed by atoms with van der Waals surface area (Å²) in [5.41, 5.74) is 3.05. The van der Waals surface area contributed by atoms with Crippen LogP contribution in [0.25, 0.3) is 0 Å². The van der Waals surface area contributed by atoms with Crippen LogP contribution in [0.4, 0.5) is 11.4 Å². The first kappa shape index (κ1) is 20.2. The lowest BCUT2D eigenvalue weighted by atomic mass is 10.2. The molecule has 0 aliphatic rings. The van der Waals surface area contributed by atoms with Crippen molar-refractivity contribution in [3.8, 4) is 11.5 Å². The minimum atomic E-state index is -0.219. The van der Waals surface area contributed by atoms with E-state index < -0.39 is 0 Å². The molecule has 0 saturated heterocycles. The van der Waals surface area contributed by atoms with Crippen LogP contribution < -0.4 is 20.1 Å². The van der Waals surface area contributed by atoms with Gasteiger partial charge in [0.15, 0.2) is 0 Å². The van der Waals surface area contributed by atoms with Crippen molar-refractivity contribution < 1.29 is 14.3 Å². The van der Waals surface area contributed by atoms with Crippen molar-refractivity contribution in [1.29, 1.82) is 0 Å². The summed E-state index contributed by atoms with van der Waals surface area (Å²) in [4.78, 5) is 16.7. The number of hydrogen-bond acceptors (Lipinski definition) is 5. The zero-order valence-corrected chi connectivity index (χ0v) is 16.8. The monoisotopic (exact) mass is 391 g/mol. The summed E-state index contributed by atoms with van der Waals surface area (Å²) in [5.74, 6) is 1.37. The van der Waals surface area contributed by atoms with Gasteiger partial charge < -0.3 is 20.1 Å². The summed E-state index contributed by atoms with van der Waals surface area (Å²) in [6, 6.07) is 16.9. The van der Waals surface area contributed by atoms with E-state index >= 15 is 0 Å². The van der Waals surface area contributed by atoms with E-state index in [1.807, 2.05) is 62.4 Å². The van der Waals surface area contributed by atoms with Crippen LogP contribution in [-0.4, -0.2) is 24.1 Å². The van der Waals surface area contributed by atoms with Gasteiger partial charge in [0, 0.05) is 24.6 Å². The summed E-state index contributed by atoms with van der Waals surface area (Å²) in [5, 5.41) is 6.16. The molecule has 2 aromatic carbocycles. The normalized spacial score (nSPS) is 10.5. The molecule has 0 spiro atoms. The molecule has 0 aliphatic carbocycles. The van der Waals surface area contributed by atoms with Crippen LogP contribution in [0.3, 0.4) is 0 Å². The second-order valence-electron chi connectivity index (χ2n) is 6.81. The number of ether oxygens (including phenoxy) is 2. The van der Waals surface area contributed by atoms with Gasteiger partial charge in [0.25, 0.3) is 5.91 Å². The number of amides is 1. The van der Waals surface area contributed by atoms with Crippen molar-refractivity contribution in [2.24, 2.45) is 0 Å². The zero-order valence-electron chi connectivity index (χ0n) is 16.8. The molecule has 3 aromatic rings. The Morgan fingerprint density at radius 1 is 0.966 bits per heavy atom. The molecule has 0 unspecified atom stereocenters. The zero-order chi connectivity index (χ0) is 20.6. The highest BCUT2D eigenvalue weighted by Gasteiger charge is 2.08. The molecule has 0 radical (unpaired) electrons. The number of benzene rings is 2. The molecule has 2 N–H and O–H groups in total. The number of carbonyl (C=O) groups excluding carboxylic acids is 1. The fraction of sp³-hybridized carbons (Fsp3) is 0.217. The van der Waals surface area contributed by atoms with E-state index in [1.54, 1.807) is 25.6 Å². The highest BCUT2D eigenvalue weighted by atomic mass is 16.5. The minimum absolute atomic E-state index is 0.106. The van der Waals surface area contributed by atoms with Gasteiger partial charge in [-0.3, -0.25) is 9.78 Å². The van der Waals surface area contributed by atoms with E-state index in [0.717, 1.165) is 22.7 Å². The standard InChI is InChI=1S/C23H25N3O3/c1-16(2)29-22-10-6-19(7-11-22)26-23(27)18-12-20(15-24-14-18)25-13-17-4-8-21(28-3)9-5-17/h4-12,14-16,25H,13H2,1-3H3,(H,26,27). The number of nitrogens with zero attached hydrogens (tertiary/aromatic N) is 1. The predicted octanol–water partition coefficient (Wildman–Crippen LogP) is 4.74. The Kier molecular flexibility index (Phi) is 6.68. The number of hydrogen-bond donors (Lipinski definition) is 2. The van der Waals surface area contributed by atoms with Gasteiger partial charge in [-0.15, -0.1) is 0 Å². The van der Waals surface area contributed by atoms with E-state index in [9.17, 15) is 4.79 Å². The fourth-order valence-electron chi connectivity index (χ4n) is 2.70. The average Bonchev–Trinajstić information content (AvgIpc) is 2.74. The third-order valence-electron chi connectivity index (χ3n) is 4.14. The third kappa shape index (κ3) is 5.97. The van der Waals surface area contributed by atoms with Gasteiger partial charge >= 0.3 is 0 Å². The van der Waals surface area contributed by atoms with Crippen LogP contribution in [0, 0.1) is 0 Å². The summed E-state index contributed by atoms with van der Waals surface area (Å²) < 4.78 is 10.8. The van der Waals surface area contributed by atoms with Gasteiger partial charge in [-0.25, -0.2) is 0 Å². The van der Waals surface area contributed by atoms with Crippen LogP contribution in [-0.2, 0) is 6.54 Å². The molecule has 1 amide bonds. The number of methoxy groups -OCH3 is 1. The van der Waals surface area contributed by atoms with Crippen molar-refractivity contribution >= 4 is 17.3 Å². The molecule has 1 heterocycles. The van der Waals surface area contributed by atoms with Gasteiger partial charge in [-0.05, 0) is 61.9 Å². The number of rotatable bonds is 8. The van der Waals surface area contributed by atoms with Crippen LogP contribution in [0.1, 0.15) is 29.8 Å². The highest BCUT2D eigenvalue weighted by molar-refractivity contribution is 6.04. The summed E-state index contributed by atoms with van der Waals surface area (Å²) in [7, 11) is 1.64. The number of nitrogens with one attached hydrogen (secondary N) is 2. The van der Waals surface area contributed by atoms with E-state index in [0.29, 0.717) is 17.8 Å². The van der Waals surface area contributed by atoms with Crippen molar-refractivity contribution in [2.45, 2.75) is 26.5 Å². The summed E-state index contributed by atoms with van der Waals surface area (Å²) >= 11 is 0. The Morgan fingerprint density at radius 2 is 1.66 bits per heavy atom. The van der Waals surface area contributed by atoms with Gasteiger partial charge in [-0.1, -0.05) is 12.1 Å². The molecule has 0 saturated carbocycles. The molecule has 0 aliphatic heterocycles. The van der Waals surface area contributed by atoms with Gasteiger partial charge in [0.05, 0.1) is 24.5 Å². The van der Waals surface area contributed by atoms with E-state index in [1.165, 1.54) is 0 Å². The van der Waals surface area contributed by atoms with E-state index in [2.05, 4.69) is 15.6 Å². The van der Waals surface area contributed by atoms with Crippen LogP contribution >= 0.6 is 0 Å². The Bertz CT molecular complexity index is 938. The second kappa shape index (κ2) is 9.59. The average molecular weight is 391 g/mol. The molecule has 0 atom stereocenters. The highest BCUT2D eigenvalue weighted by Crippen LogP contribution is 2.18. The molecular formula is C23H25N3O3. The van der Waals surface area contributed by atoms with Crippen LogP contribution in [0.2, 0.25) is 0 Å². The maximum absolute atomic E-state index is 12.5. The Balaban J connectivity index is 1.59. The Labute approximate surface area is 170 Å². The predicted molar refractivity (Wildman–Crippen MR) is 115 cm³/mol. The van der Waals surface area contributed by atoms with E-state index in [-0.39, 0.29) is 12.0 Å². The van der Waals surface area contributed by atoms with Crippen molar-refractivity contribution in [3.05, 3.63) is 78.1 Å². The largest absolute Gasteiger partial charge is 0.497 e. The van der Waals surface area contributed by atoms with Gasteiger partial charge in [0.1, 0.15) is 11.5 Å². The molecule has 6 nitrogen and oxygen atoms in total. The first-order valence-corrected chi connectivity index (χ1v) is 9.43. The molecule has 3 rings (SSSR count). The molecule has 6 heteroatoms. The quantitative estimate of drug-likeness (QED) is 0.580. The maximum atomic E-state index is 12.5. The molecule has 150 valence electrons. The lowest BCUT2D eigenvalue weighted by Gasteiger charge is -2.11. The van der Waals surface area contributed by atoms with Gasteiger partial charge in [-0.2, -0.15) is 0 Å². The number of pyridine rings is 1. The Hall–Kier alpha value is -3.54.